The molecule has 0 bridgehead atoms. The zero-order valence-electron chi connectivity index (χ0n) is 37.8. The molecule has 0 aliphatic carbocycles. The molecule has 0 heterocycles. The van der Waals surface area contributed by atoms with Gasteiger partial charge >= 0.3 is 0 Å². The molecule has 10 aromatic carbocycles. The van der Waals surface area contributed by atoms with Gasteiger partial charge in [-0.15, -0.1) is 0 Å². The van der Waals surface area contributed by atoms with Crippen LogP contribution >= 0.6 is 16.8 Å². The highest BCUT2D eigenvalue weighted by molar-refractivity contribution is 7.48. The SMILES string of the molecule is CC(C)P(Oc1ccc2ccccc2c1)Oc1ccccc1C(=O)c1ccccc1OP(C)Oc1ccc2ccccc2c1.Cc1ccc2ccccc2c1.Cc1ccc2ccccc2c1. The zero-order valence-corrected chi connectivity index (χ0v) is 39.6. The van der Waals surface area contributed by atoms with Crippen LogP contribution in [0.1, 0.15) is 40.9 Å². The summed E-state index contributed by atoms with van der Waals surface area (Å²) in [7, 11) is -2.77. The Morgan fingerprint density at radius 1 is 0.379 bits per heavy atom. The van der Waals surface area contributed by atoms with E-state index in [9.17, 15) is 4.79 Å². The summed E-state index contributed by atoms with van der Waals surface area (Å²) in [4.78, 5) is 14.0. The van der Waals surface area contributed by atoms with E-state index in [1.54, 1.807) is 18.2 Å². The summed E-state index contributed by atoms with van der Waals surface area (Å²) in [6, 6.07) is 72.6. The highest BCUT2D eigenvalue weighted by atomic mass is 31.2. The molecule has 10 aromatic rings. The summed E-state index contributed by atoms with van der Waals surface area (Å²) in [5.74, 6) is 2.18. The first-order valence-corrected chi connectivity index (χ1v) is 24.9. The van der Waals surface area contributed by atoms with Crippen molar-refractivity contribution in [3.8, 4) is 23.0 Å². The molecular formula is C59H52O5P2. The monoisotopic (exact) mass is 902 g/mol. The van der Waals surface area contributed by atoms with Gasteiger partial charge in [0.25, 0.3) is 16.8 Å². The van der Waals surface area contributed by atoms with Gasteiger partial charge < -0.3 is 18.1 Å². The van der Waals surface area contributed by atoms with Crippen LogP contribution in [-0.4, -0.2) is 18.1 Å². The topological polar surface area (TPSA) is 54.0 Å². The molecule has 5 nitrogen and oxygen atoms in total. The number of hydrogen-bond acceptors (Lipinski definition) is 5. The van der Waals surface area contributed by atoms with Crippen LogP contribution in [0.25, 0.3) is 43.1 Å². The van der Waals surface area contributed by atoms with E-state index in [0.717, 1.165) is 27.3 Å². The molecule has 0 radical (unpaired) electrons. The van der Waals surface area contributed by atoms with Crippen molar-refractivity contribution in [1.29, 1.82) is 0 Å². The molecule has 0 fully saturated rings. The Kier molecular flexibility index (Phi) is 15.0. The van der Waals surface area contributed by atoms with E-state index in [0.29, 0.717) is 28.4 Å². The Hall–Kier alpha value is -7.03. The van der Waals surface area contributed by atoms with Gasteiger partial charge in [-0.2, -0.15) is 0 Å². The fourth-order valence-electron chi connectivity index (χ4n) is 7.41. The summed E-state index contributed by atoms with van der Waals surface area (Å²) in [5, 5.41) is 9.76. The lowest BCUT2D eigenvalue weighted by atomic mass is 10.0. The maximum absolute atomic E-state index is 14.0. The van der Waals surface area contributed by atoms with Crippen molar-refractivity contribution in [1.82, 2.24) is 0 Å². The molecule has 328 valence electrons. The van der Waals surface area contributed by atoms with Crippen molar-refractivity contribution in [3.63, 3.8) is 0 Å². The van der Waals surface area contributed by atoms with E-state index >= 15 is 0 Å². The molecule has 10 rings (SSSR count). The number of ketones is 1. The Morgan fingerprint density at radius 3 is 1.17 bits per heavy atom. The van der Waals surface area contributed by atoms with Crippen molar-refractivity contribution in [2.24, 2.45) is 0 Å². The van der Waals surface area contributed by atoms with Gasteiger partial charge in [-0.05, 0) is 105 Å². The summed E-state index contributed by atoms with van der Waals surface area (Å²) >= 11 is 0. The van der Waals surface area contributed by atoms with Gasteiger partial charge in [0.1, 0.15) is 23.0 Å². The number of carbonyl (C=O) groups is 1. The molecule has 7 heteroatoms. The number of benzene rings is 10. The van der Waals surface area contributed by atoms with Crippen LogP contribution in [-0.2, 0) is 0 Å². The van der Waals surface area contributed by atoms with Crippen LogP contribution in [0.5, 0.6) is 23.0 Å². The maximum atomic E-state index is 14.0. The van der Waals surface area contributed by atoms with Crippen LogP contribution < -0.4 is 18.1 Å². The van der Waals surface area contributed by atoms with Crippen molar-refractivity contribution in [2.75, 3.05) is 6.66 Å². The first-order chi connectivity index (χ1) is 32.2. The smallest absolute Gasteiger partial charge is 0.293 e. The standard InChI is InChI=1S/C37H32O5P2.2C11H10/c1-26(2)44(40-32-23-21-28-13-5-7-15-30(28)25-32)42-36-19-11-9-17-34(36)37(38)33-16-8-10-18-35(33)41-43(3)39-31-22-20-27-12-4-6-14-29(27)24-31;2*1-9-6-7-10-4-2-3-5-11(10)8-9/h4-26H,1-3H3;2*2-8H,1H3. The Bertz CT molecular complexity index is 3160. The summed E-state index contributed by atoms with van der Waals surface area (Å²) < 4.78 is 25.2. The maximum Gasteiger partial charge on any atom is 0.293 e. The highest BCUT2D eigenvalue weighted by Crippen LogP contribution is 2.47. The second kappa shape index (κ2) is 21.8. The Labute approximate surface area is 390 Å². The number of aryl methyl sites for hydroxylation is 2. The molecule has 0 aromatic heterocycles. The molecular weight excluding hydrogens is 851 g/mol. The van der Waals surface area contributed by atoms with Crippen molar-refractivity contribution in [2.45, 2.75) is 33.4 Å². The molecule has 0 amide bonds. The normalized spacial score (nSPS) is 11.8. The lowest BCUT2D eigenvalue weighted by Gasteiger charge is -2.23. The average Bonchev–Trinajstić information content (AvgIpc) is 3.34. The van der Waals surface area contributed by atoms with E-state index < -0.39 is 16.8 Å². The van der Waals surface area contributed by atoms with Crippen molar-refractivity contribution < 1.29 is 22.9 Å². The number of hydrogen-bond donors (Lipinski definition) is 0. The molecule has 0 spiro atoms. The van der Waals surface area contributed by atoms with Gasteiger partial charge in [-0.25, -0.2) is 0 Å². The van der Waals surface area contributed by atoms with Gasteiger partial charge in [0.2, 0.25) is 5.78 Å². The molecule has 0 aliphatic heterocycles. The lowest BCUT2D eigenvalue weighted by Crippen LogP contribution is -2.10. The molecule has 2 unspecified atom stereocenters. The van der Waals surface area contributed by atoms with Gasteiger partial charge in [-0.1, -0.05) is 195 Å². The van der Waals surface area contributed by atoms with E-state index in [1.807, 2.05) is 104 Å². The third kappa shape index (κ3) is 11.8. The molecule has 0 N–H and O–H groups in total. The predicted molar refractivity (Wildman–Crippen MR) is 279 cm³/mol. The predicted octanol–water partition coefficient (Wildman–Crippen LogP) is 17.1. The number of para-hydroxylation sites is 2. The lowest BCUT2D eigenvalue weighted by molar-refractivity contribution is 0.103. The van der Waals surface area contributed by atoms with E-state index in [1.165, 1.54) is 32.7 Å². The summed E-state index contributed by atoms with van der Waals surface area (Å²) in [6.45, 7) is 10.2. The minimum Gasteiger partial charge on any atom is -0.439 e. The Balaban J connectivity index is 0.000000216. The van der Waals surface area contributed by atoms with Gasteiger partial charge in [0, 0.05) is 12.3 Å². The van der Waals surface area contributed by atoms with Crippen LogP contribution in [0.4, 0.5) is 0 Å². The zero-order chi connectivity index (χ0) is 45.8. The van der Waals surface area contributed by atoms with Gasteiger partial charge in [-0.3, -0.25) is 4.79 Å². The molecule has 2 atom stereocenters. The molecule has 66 heavy (non-hydrogen) atoms. The fraction of sp³-hybridized carbons (Fsp3) is 0.102. The summed E-state index contributed by atoms with van der Waals surface area (Å²) in [6.07, 6.45) is 0. The van der Waals surface area contributed by atoms with E-state index in [4.69, 9.17) is 18.1 Å². The fourth-order valence-corrected chi connectivity index (χ4v) is 9.43. The largest absolute Gasteiger partial charge is 0.439 e. The number of fused-ring (bicyclic) bond motifs is 4. The van der Waals surface area contributed by atoms with Gasteiger partial charge in [0.15, 0.2) is 0 Å². The molecule has 0 saturated carbocycles. The minimum atomic E-state index is -1.40. The average molecular weight is 903 g/mol. The van der Waals surface area contributed by atoms with Crippen LogP contribution in [0.3, 0.4) is 0 Å². The molecule has 0 aliphatic rings. The van der Waals surface area contributed by atoms with Crippen molar-refractivity contribution >= 4 is 65.6 Å². The third-order valence-corrected chi connectivity index (χ3v) is 13.3. The van der Waals surface area contributed by atoms with Gasteiger partial charge in [0.05, 0.1) is 11.1 Å². The number of carbonyl (C=O) groups excluding carboxylic acids is 1. The number of rotatable bonds is 11. The minimum absolute atomic E-state index is 0.0751. The van der Waals surface area contributed by atoms with Crippen LogP contribution in [0.2, 0.25) is 0 Å². The van der Waals surface area contributed by atoms with Crippen LogP contribution in [0.15, 0.2) is 218 Å². The first-order valence-electron chi connectivity index (χ1n) is 22.0. The third-order valence-electron chi connectivity index (χ3n) is 10.8. The van der Waals surface area contributed by atoms with Crippen LogP contribution in [0, 0.1) is 13.8 Å². The Morgan fingerprint density at radius 2 is 0.727 bits per heavy atom. The first kappa shape index (κ1) is 45.5. The second-order valence-corrected chi connectivity index (χ2v) is 19.4. The highest BCUT2D eigenvalue weighted by Gasteiger charge is 2.25. The quantitative estimate of drug-likeness (QED) is 0.0956. The van der Waals surface area contributed by atoms with E-state index in [2.05, 4.69) is 131 Å². The molecule has 0 saturated heterocycles. The van der Waals surface area contributed by atoms with Crippen molar-refractivity contribution in [3.05, 3.63) is 241 Å². The second-order valence-electron chi connectivity index (χ2n) is 16.2. The van der Waals surface area contributed by atoms with E-state index in [-0.39, 0.29) is 11.4 Å². The summed E-state index contributed by atoms with van der Waals surface area (Å²) in [5.41, 5.74) is 3.59.